The number of hydrogen-bond acceptors (Lipinski definition) is 6. The van der Waals surface area contributed by atoms with Crippen molar-refractivity contribution in [2.75, 3.05) is 7.11 Å². The fourth-order valence-electron chi connectivity index (χ4n) is 4.36. The van der Waals surface area contributed by atoms with E-state index in [2.05, 4.69) is 37.6 Å². The second-order valence-corrected chi connectivity index (χ2v) is 9.92. The van der Waals surface area contributed by atoms with Crippen LogP contribution >= 0.6 is 0 Å². The van der Waals surface area contributed by atoms with Gasteiger partial charge in [0.1, 0.15) is 11.6 Å². The number of carboxylic acid groups (broad SMARTS) is 1. The molecule has 1 unspecified atom stereocenters. The molecular weight excluding hydrogens is 487 g/mol. The van der Waals surface area contributed by atoms with Crippen LogP contribution in [-0.4, -0.2) is 46.1 Å². The molecular formula is C30H35FN2O5. The zero-order chi connectivity index (χ0) is 28.0. The highest BCUT2D eigenvalue weighted by Crippen LogP contribution is 2.31. The van der Waals surface area contributed by atoms with Crippen LogP contribution in [0.4, 0.5) is 4.39 Å². The van der Waals surface area contributed by atoms with Gasteiger partial charge in [0.2, 0.25) is 5.88 Å². The van der Waals surface area contributed by atoms with Gasteiger partial charge in [0.15, 0.2) is 0 Å². The second kappa shape index (κ2) is 12.6. The van der Waals surface area contributed by atoms with Crippen LogP contribution in [0.5, 0.6) is 11.6 Å². The van der Waals surface area contributed by atoms with Gasteiger partial charge in [-0.15, -0.1) is 0 Å². The topological polar surface area (TPSA) is 89.0 Å². The van der Waals surface area contributed by atoms with Crippen molar-refractivity contribution in [3.8, 4) is 22.8 Å². The number of carbonyl (C=O) groups excluding carboxylic acids is 1. The number of carboxylic acids is 1. The number of carbonyl (C=O) groups is 2. The summed E-state index contributed by atoms with van der Waals surface area (Å²) in [5.41, 5.74) is 2.64. The number of esters is 1. The van der Waals surface area contributed by atoms with E-state index in [1.165, 1.54) is 13.2 Å². The van der Waals surface area contributed by atoms with Gasteiger partial charge in [-0.1, -0.05) is 19.1 Å². The van der Waals surface area contributed by atoms with Crippen molar-refractivity contribution >= 4 is 11.9 Å². The molecule has 0 bridgehead atoms. The van der Waals surface area contributed by atoms with Crippen LogP contribution in [0.25, 0.3) is 11.1 Å². The highest BCUT2D eigenvalue weighted by molar-refractivity contribution is 5.92. The number of pyridine rings is 1. The zero-order valence-corrected chi connectivity index (χ0v) is 22.7. The molecule has 0 amide bonds. The summed E-state index contributed by atoms with van der Waals surface area (Å²) >= 11 is 0. The van der Waals surface area contributed by atoms with Crippen LogP contribution in [0, 0.1) is 11.7 Å². The van der Waals surface area contributed by atoms with Crippen molar-refractivity contribution < 1.29 is 28.6 Å². The van der Waals surface area contributed by atoms with Gasteiger partial charge in [-0.05, 0) is 86.7 Å². The average molecular weight is 523 g/mol. The van der Waals surface area contributed by atoms with Gasteiger partial charge < -0.3 is 14.6 Å². The van der Waals surface area contributed by atoms with E-state index in [0.717, 1.165) is 11.1 Å². The van der Waals surface area contributed by atoms with E-state index < -0.39 is 23.7 Å². The Morgan fingerprint density at radius 2 is 1.74 bits per heavy atom. The van der Waals surface area contributed by atoms with Crippen LogP contribution in [0.3, 0.4) is 0 Å². The quantitative estimate of drug-likeness (QED) is 0.244. The Bertz CT molecular complexity index is 1280. The maximum absolute atomic E-state index is 15.4. The lowest BCUT2D eigenvalue weighted by Gasteiger charge is -2.31. The van der Waals surface area contributed by atoms with E-state index in [9.17, 15) is 14.7 Å². The molecule has 8 heteroatoms. The summed E-state index contributed by atoms with van der Waals surface area (Å²) in [6, 6.07) is 13.5. The molecule has 2 aromatic carbocycles. The number of aliphatic carboxylic acids is 1. The summed E-state index contributed by atoms with van der Waals surface area (Å²) < 4.78 is 26.2. The minimum Gasteiger partial charge on any atom is -0.481 e. The Morgan fingerprint density at radius 3 is 2.37 bits per heavy atom. The van der Waals surface area contributed by atoms with Gasteiger partial charge in [-0.3, -0.25) is 9.69 Å². The Kier molecular flexibility index (Phi) is 9.58. The molecule has 7 nitrogen and oxygen atoms in total. The van der Waals surface area contributed by atoms with Crippen molar-refractivity contribution in [2.45, 2.75) is 59.7 Å². The van der Waals surface area contributed by atoms with E-state index in [0.29, 0.717) is 23.6 Å². The molecule has 1 heterocycles. The first-order valence-electron chi connectivity index (χ1n) is 12.6. The second-order valence-electron chi connectivity index (χ2n) is 9.92. The fraction of sp³-hybridized carbons (Fsp3) is 0.367. The van der Waals surface area contributed by atoms with Gasteiger partial charge in [0.25, 0.3) is 0 Å². The van der Waals surface area contributed by atoms with Crippen molar-refractivity contribution in [1.29, 1.82) is 0 Å². The molecule has 0 aliphatic heterocycles. The van der Waals surface area contributed by atoms with E-state index in [4.69, 9.17) is 9.47 Å². The van der Waals surface area contributed by atoms with E-state index in [1.807, 2.05) is 0 Å². The summed E-state index contributed by atoms with van der Waals surface area (Å²) in [7, 11) is 1.52. The first-order valence-corrected chi connectivity index (χ1v) is 12.6. The monoisotopic (exact) mass is 522 g/mol. The third kappa shape index (κ3) is 7.16. The third-order valence-electron chi connectivity index (χ3n) is 6.42. The minimum absolute atomic E-state index is 0.179. The fourth-order valence-corrected chi connectivity index (χ4v) is 4.36. The van der Waals surface area contributed by atoms with Crippen LogP contribution in [0.1, 0.15) is 56.1 Å². The first kappa shape index (κ1) is 28.8. The summed E-state index contributed by atoms with van der Waals surface area (Å²) in [6.07, 6.45) is 1.88. The molecule has 0 aliphatic rings. The molecule has 1 N–H and O–H groups in total. The van der Waals surface area contributed by atoms with Gasteiger partial charge in [0.05, 0.1) is 18.6 Å². The molecule has 0 saturated heterocycles. The van der Waals surface area contributed by atoms with Crippen molar-refractivity contribution in [3.63, 3.8) is 0 Å². The molecule has 0 spiro atoms. The molecule has 0 saturated carbocycles. The molecule has 202 valence electrons. The predicted molar refractivity (Wildman–Crippen MR) is 144 cm³/mol. The number of ether oxygens (including phenoxy) is 2. The lowest BCUT2D eigenvalue weighted by molar-refractivity contribution is -0.141. The van der Waals surface area contributed by atoms with Gasteiger partial charge >= 0.3 is 11.9 Å². The van der Waals surface area contributed by atoms with Crippen molar-refractivity contribution in [2.24, 2.45) is 5.92 Å². The molecule has 3 aromatic rings. The summed E-state index contributed by atoms with van der Waals surface area (Å²) in [6.45, 7) is 10.4. The number of methoxy groups -OCH3 is 1. The highest BCUT2D eigenvalue weighted by Gasteiger charge is 2.23. The van der Waals surface area contributed by atoms with Gasteiger partial charge in [0, 0.05) is 30.9 Å². The molecule has 0 fully saturated rings. The smallest absolute Gasteiger partial charge is 0.346 e. The number of nitrogens with zero attached hydrogens (tertiary/aromatic N) is 2. The van der Waals surface area contributed by atoms with Gasteiger partial charge in [-0.25, -0.2) is 14.2 Å². The lowest BCUT2D eigenvalue weighted by Crippen LogP contribution is -2.36. The molecule has 3 rings (SSSR count). The van der Waals surface area contributed by atoms with Crippen molar-refractivity contribution in [3.05, 3.63) is 77.2 Å². The maximum atomic E-state index is 15.4. The Morgan fingerprint density at radius 1 is 1.03 bits per heavy atom. The predicted octanol–water partition coefficient (Wildman–Crippen LogP) is 6.00. The zero-order valence-electron chi connectivity index (χ0n) is 22.7. The molecule has 1 aromatic heterocycles. The largest absolute Gasteiger partial charge is 0.481 e. The van der Waals surface area contributed by atoms with Crippen LogP contribution in [0.15, 0.2) is 54.7 Å². The number of rotatable bonds is 11. The SMILES string of the molecule is COc1cc(-c2cc(F)c(C(=O)Oc3cccc(CC(C)C(=O)O)c3)cc2CN(C(C)C)C(C)C)ccn1. The molecule has 0 aliphatic carbocycles. The van der Waals surface area contributed by atoms with E-state index in [1.54, 1.807) is 55.6 Å². The third-order valence-corrected chi connectivity index (χ3v) is 6.42. The highest BCUT2D eigenvalue weighted by atomic mass is 19.1. The maximum Gasteiger partial charge on any atom is 0.346 e. The summed E-state index contributed by atoms with van der Waals surface area (Å²) in [5.74, 6) is -2.41. The summed E-state index contributed by atoms with van der Waals surface area (Å²) in [5, 5.41) is 9.19. The van der Waals surface area contributed by atoms with E-state index in [-0.39, 0.29) is 29.8 Å². The lowest BCUT2D eigenvalue weighted by atomic mass is 9.96. The first-order chi connectivity index (χ1) is 18.0. The summed E-state index contributed by atoms with van der Waals surface area (Å²) in [4.78, 5) is 30.7. The van der Waals surface area contributed by atoms with Gasteiger partial charge in [-0.2, -0.15) is 0 Å². The number of benzene rings is 2. The minimum atomic E-state index is -0.911. The number of halogens is 1. The molecule has 38 heavy (non-hydrogen) atoms. The normalized spacial score (nSPS) is 12.2. The van der Waals surface area contributed by atoms with E-state index >= 15 is 4.39 Å². The Hall–Kier alpha value is -3.78. The Balaban J connectivity index is 2.00. The average Bonchev–Trinajstić information content (AvgIpc) is 2.87. The number of hydrogen-bond donors (Lipinski definition) is 1. The number of aromatic nitrogens is 1. The molecule has 1 atom stereocenters. The van der Waals surface area contributed by atoms with Crippen LogP contribution < -0.4 is 9.47 Å². The molecule has 0 radical (unpaired) electrons. The van der Waals surface area contributed by atoms with Crippen molar-refractivity contribution in [1.82, 2.24) is 9.88 Å². The standard InChI is InChI=1S/C30H35FN2O5/c1-18(2)33(19(3)4)17-23-14-26(27(31)16-25(23)22-10-11-32-28(15-22)37-6)30(36)38-24-9-7-8-21(13-24)12-20(5)29(34)35/h7-11,13-16,18-20H,12,17H2,1-6H3,(H,34,35). The Labute approximate surface area is 223 Å². The van der Waals surface area contributed by atoms with Crippen LogP contribution in [0.2, 0.25) is 0 Å². The van der Waals surface area contributed by atoms with Crippen LogP contribution in [-0.2, 0) is 17.8 Å².